The third kappa shape index (κ3) is 3.68. The Morgan fingerprint density at radius 1 is 1.33 bits per heavy atom. The summed E-state index contributed by atoms with van der Waals surface area (Å²) in [4.78, 5) is 11.2. The molecule has 0 fully saturated rings. The molecular weight excluding hydrogens is 360 g/mol. The lowest BCUT2D eigenvalue weighted by Crippen LogP contribution is -2.05. The lowest BCUT2D eigenvalue weighted by atomic mass is 10.2. The number of benzene rings is 2. The number of carboxylic acid groups (broad SMARTS) is 1. The molecule has 0 aliphatic heterocycles. The summed E-state index contributed by atoms with van der Waals surface area (Å²) in [6.07, 6.45) is 0. The monoisotopic (exact) mass is 370 g/mol. The molecule has 2 aromatic carbocycles. The van der Waals surface area contributed by atoms with Crippen LogP contribution in [0.3, 0.4) is 0 Å². The van der Waals surface area contributed by atoms with E-state index in [0.717, 1.165) is 10.0 Å². The Morgan fingerprint density at radius 2 is 2.10 bits per heavy atom. The Labute approximate surface area is 135 Å². The van der Waals surface area contributed by atoms with Crippen LogP contribution in [-0.2, 0) is 6.61 Å². The van der Waals surface area contributed by atoms with Crippen LogP contribution in [0.4, 0.5) is 0 Å². The maximum Gasteiger partial charge on any atom is 0.339 e. The van der Waals surface area contributed by atoms with E-state index in [0.29, 0.717) is 10.8 Å². The van der Waals surface area contributed by atoms with Gasteiger partial charge in [-0.05, 0) is 24.3 Å². The van der Waals surface area contributed by atoms with Crippen molar-refractivity contribution in [2.24, 2.45) is 0 Å². The van der Waals surface area contributed by atoms with Crippen molar-refractivity contribution in [2.75, 3.05) is 7.11 Å². The van der Waals surface area contributed by atoms with Gasteiger partial charge in [-0.15, -0.1) is 0 Å². The van der Waals surface area contributed by atoms with Crippen LogP contribution < -0.4 is 9.47 Å². The van der Waals surface area contributed by atoms with E-state index in [1.165, 1.54) is 13.2 Å². The highest BCUT2D eigenvalue weighted by Crippen LogP contribution is 2.32. The summed E-state index contributed by atoms with van der Waals surface area (Å²) < 4.78 is 11.6. The van der Waals surface area contributed by atoms with Gasteiger partial charge in [-0.1, -0.05) is 39.7 Å². The molecule has 110 valence electrons. The van der Waals surface area contributed by atoms with Crippen LogP contribution in [0.5, 0.6) is 11.5 Å². The molecule has 0 heterocycles. The van der Waals surface area contributed by atoms with Crippen LogP contribution in [0, 0.1) is 0 Å². The largest absolute Gasteiger partial charge is 0.493 e. The fourth-order valence-corrected chi connectivity index (χ4v) is 2.51. The highest BCUT2D eigenvalue weighted by Gasteiger charge is 2.16. The van der Waals surface area contributed by atoms with Gasteiger partial charge in [-0.25, -0.2) is 4.79 Å². The number of para-hydroxylation sites is 1. The molecule has 0 atom stereocenters. The van der Waals surface area contributed by atoms with Gasteiger partial charge in [0.25, 0.3) is 0 Å². The van der Waals surface area contributed by atoms with Crippen LogP contribution in [0.1, 0.15) is 15.9 Å². The maximum atomic E-state index is 11.2. The standard InChI is InChI=1S/C15H12BrClO4/c1-20-13-4-2-3-11(15(18)19)14(13)21-8-9-5-6-10(16)7-12(9)17/h2-7H,8H2,1H3,(H,18,19). The number of ether oxygens (including phenoxy) is 2. The summed E-state index contributed by atoms with van der Waals surface area (Å²) in [7, 11) is 1.46. The van der Waals surface area contributed by atoms with E-state index >= 15 is 0 Å². The lowest BCUT2D eigenvalue weighted by Gasteiger charge is -2.13. The Balaban J connectivity index is 2.28. The molecular formula is C15H12BrClO4. The second-order valence-electron chi connectivity index (χ2n) is 4.17. The van der Waals surface area contributed by atoms with Gasteiger partial charge >= 0.3 is 5.97 Å². The Morgan fingerprint density at radius 3 is 2.71 bits per heavy atom. The second kappa shape index (κ2) is 6.83. The molecule has 0 aromatic heterocycles. The maximum absolute atomic E-state index is 11.2. The minimum Gasteiger partial charge on any atom is -0.493 e. The van der Waals surface area contributed by atoms with Gasteiger partial charge in [0.05, 0.1) is 7.11 Å². The molecule has 6 heteroatoms. The van der Waals surface area contributed by atoms with Crippen molar-refractivity contribution in [3.63, 3.8) is 0 Å². The Kier molecular flexibility index (Phi) is 5.09. The first-order valence-corrected chi connectivity index (χ1v) is 7.17. The number of hydrogen-bond acceptors (Lipinski definition) is 3. The smallest absolute Gasteiger partial charge is 0.339 e. The SMILES string of the molecule is COc1cccc(C(=O)O)c1OCc1ccc(Br)cc1Cl. The minimum atomic E-state index is -1.08. The Bertz CT molecular complexity index is 673. The van der Waals surface area contributed by atoms with E-state index in [1.807, 2.05) is 12.1 Å². The van der Waals surface area contributed by atoms with Gasteiger partial charge < -0.3 is 14.6 Å². The molecule has 21 heavy (non-hydrogen) atoms. The molecule has 0 aliphatic carbocycles. The molecule has 0 aliphatic rings. The molecule has 0 saturated carbocycles. The lowest BCUT2D eigenvalue weighted by molar-refractivity contribution is 0.0691. The number of carbonyl (C=O) groups is 1. The molecule has 2 rings (SSSR count). The van der Waals surface area contributed by atoms with Crippen molar-refractivity contribution in [3.8, 4) is 11.5 Å². The average molecular weight is 372 g/mol. The predicted octanol–water partition coefficient (Wildman–Crippen LogP) is 4.39. The number of aromatic carboxylic acids is 1. The predicted molar refractivity (Wildman–Crippen MR) is 83.4 cm³/mol. The van der Waals surface area contributed by atoms with E-state index in [-0.39, 0.29) is 17.9 Å². The van der Waals surface area contributed by atoms with Crippen LogP contribution in [0.15, 0.2) is 40.9 Å². The summed E-state index contributed by atoms with van der Waals surface area (Å²) in [5.74, 6) is -0.527. The molecule has 0 unspecified atom stereocenters. The van der Waals surface area contributed by atoms with Crippen molar-refractivity contribution in [3.05, 3.63) is 57.0 Å². The minimum absolute atomic E-state index is 0.0441. The quantitative estimate of drug-likeness (QED) is 0.847. The van der Waals surface area contributed by atoms with Gasteiger partial charge in [-0.3, -0.25) is 0 Å². The van der Waals surface area contributed by atoms with E-state index in [1.54, 1.807) is 18.2 Å². The number of carboxylic acids is 1. The molecule has 0 saturated heterocycles. The summed E-state index contributed by atoms with van der Waals surface area (Å²) >= 11 is 9.44. The average Bonchev–Trinajstić information content (AvgIpc) is 2.45. The first kappa shape index (κ1) is 15.7. The third-order valence-corrected chi connectivity index (χ3v) is 3.66. The van der Waals surface area contributed by atoms with Crippen molar-refractivity contribution in [1.29, 1.82) is 0 Å². The fourth-order valence-electron chi connectivity index (χ4n) is 1.78. The number of halogens is 2. The van der Waals surface area contributed by atoms with Gasteiger partial charge in [0.1, 0.15) is 12.2 Å². The summed E-state index contributed by atoms with van der Waals surface area (Å²) in [5.41, 5.74) is 0.796. The normalized spacial score (nSPS) is 10.2. The first-order valence-electron chi connectivity index (χ1n) is 6.00. The summed E-state index contributed by atoms with van der Waals surface area (Å²) in [5, 5.41) is 9.74. The molecule has 1 N–H and O–H groups in total. The van der Waals surface area contributed by atoms with Gasteiger partial charge in [0, 0.05) is 15.1 Å². The van der Waals surface area contributed by atoms with Crippen LogP contribution in [0.25, 0.3) is 0 Å². The van der Waals surface area contributed by atoms with Crippen molar-refractivity contribution in [1.82, 2.24) is 0 Å². The number of rotatable bonds is 5. The number of methoxy groups -OCH3 is 1. The molecule has 0 bridgehead atoms. The zero-order valence-electron chi connectivity index (χ0n) is 11.1. The van der Waals surface area contributed by atoms with Gasteiger partial charge in [0.15, 0.2) is 11.5 Å². The summed E-state index contributed by atoms with van der Waals surface area (Å²) in [6.45, 7) is 0.146. The van der Waals surface area contributed by atoms with Gasteiger partial charge in [0.2, 0.25) is 0 Å². The zero-order chi connectivity index (χ0) is 15.4. The topological polar surface area (TPSA) is 55.8 Å². The molecule has 4 nitrogen and oxygen atoms in total. The number of hydrogen-bond donors (Lipinski definition) is 1. The van der Waals surface area contributed by atoms with Gasteiger partial charge in [-0.2, -0.15) is 0 Å². The molecule has 0 radical (unpaired) electrons. The first-order chi connectivity index (χ1) is 10.0. The highest BCUT2D eigenvalue weighted by molar-refractivity contribution is 9.10. The van der Waals surface area contributed by atoms with Crippen molar-refractivity contribution < 1.29 is 19.4 Å². The van der Waals surface area contributed by atoms with Crippen LogP contribution in [-0.4, -0.2) is 18.2 Å². The molecule has 0 spiro atoms. The van der Waals surface area contributed by atoms with Crippen LogP contribution in [0.2, 0.25) is 5.02 Å². The van der Waals surface area contributed by atoms with Crippen molar-refractivity contribution in [2.45, 2.75) is 6.61 Å². The zero-order valence-corrected chi connectivity index (χ0v) is 13.4. The molecule has 2 aromatic rings. The third-order valence-electron chi connectivity index (χ3n) is 2.82. The van der Waals surface area contributed by atoms with E-state index in [2.05, 4.69) is 15.9 Å². The fraction of sp³-hybridized carbons (Fsp3) is 0.133. The highest BCUT2D eigenvalue weighted by atomic mass is 79.9. The van der Waals surface area contributed by atoms with Crippen molar-refractivity contribution >= 4 is 33.5 Å². The van der Waals surface area contributed by atoms with Crippen LogP contribution >= 0.6 is 27.5 Å². The van der Waals surface area contributed by atoms with E-state index < -0.39 is 5.97 Å². The molecule has 0 amide bonds. The summed E-state index contributed by atoms with van der Waals surface area (Å²) in [6, 6.07) is 10.1. The van der Waals surface area contributed by atoms with E-state index in [4.69, 9.17) is 21.1 Å². The van der Waals surface area contributed by atoms with E-state index in [9.17, 15) is 9.90 Å². The Hall–Kier alpha value is -1.72. The second-order valence-corrected chi connectivity index (χ2v) is 5.49.